The highest BCUT2D eigenvalue weighted by Gasteiger charge is 2.15. The van der Waals surface area contributed by atoms with Gasteiger partial charge in [0.1, 0.15) is 11.6 Å². The van der Waals surface area contributed by atoms with E-state index in [2.05, 4.69) is 5.32 Å². The molecule has 0 aliphatic rings. The lowest BCUT2D eigenvalue weighted by atomic mass is 10.1. The predicted octanol–water partition coefficient (Wildman–Crippen LogP) is 1.61. The Morgan fingerprint density at radius 1 is 1.12 bits per heavy atom. The smallest absolute Gasteiger partial charge is 0.266 e. The third kappa shape index (κ3) is 3.99. The van der Waals surface area contributed by atoms with Crippen LogP contribution in [-0.2, 0) is 4.79 Å². The van der Waals surface area contributed by atoms with E-state index in [9.17, 15) is 20.0 Å². The zero-order valence-corrected chi connectivity index (χ0v) is 14.1. The Labute approximate surface area is 150 Å². The maximum absolute atomic E-state index is 12.4. The molecule has 2 aromatic carbocycles. The highest BCUT2D eigenvalue weighted by atomic mass is 16.5. The lowest BCUT2D eigenvalue weighted by molar-refractivity contribution is -0.254. The summed E-state index contributed by atoms with van der Waals surface area (Å²) >= 11 is 0. The van der Waals surface area contributed by atoms with Gasteiger partial charge in [0.15, 0.2) is 11.5 Å². The van der Waals surface area contributed by atoms with Crippen molar-refractivity contribution in [2.45, 2.75) is 0 Å². The second-order valence-electron chi connectivity index (χ2n) is 5.04. The fraction of sp³-hybridized carbons (Fsp3) is 0.105. The minimum Gasteiger partial charge on any atom is -0.545 e. The SMILES string of the molecule is COc1cccc(/C=C(\C#N)C(=O)Nc2ccccc2C(=O)[O-])c1OC. The number of benzene rings is 2. The average molecular weight is 351 g/mol. The highest BCUT2D eigenvalue weighted by molar-refractivity contribution is 6.11. The molecule has 7 nitrogen and oxygen atoms in total. The number of aromatic carboxylic acids is 1. The Bertz CT molecular complexity index is 912. The first-order valence-electron chi connectivity index (χ1n) is 7.46. The summed E-state index contributed by atoms with van der Waals surface area (Å²) in [4.78, 5) is 23.5. The van der Waals surface area contributed by atoms with Crippen LogP contribution in [0.15, 0.2) is 48.0 Å². The number of amides is 1. The number of carboxylic acid groups (broad SMARTS) is 1. The highest BCUT2D eigenvalue weighted by Crippen LogP contribution is 2.32. The number of nitrogens with zero attached hydrogens (tertiary/aromatic N) is 1. The number of anilines is 1. The Kier molecular flexibility index (Phi) is 5.96. The molecule has 0 spiro atoms. The molecular weight excluding hydrogens is 336 g/mol. The van der Waals surface area contributed by atoms with Crippen molar-refractivity contribution >= 4 is 23.6 Å². The average Bonchev–Trinajstić information content (AvgIpc) is 2.65. The summed E-state index contributed by atoms with van der Waals surface area (Å²) in [5.41, 5.74) is 0.0878. The number of nitriles is 1. The Balaban J connectivity index is 2.38. The molecule has 0 saturated carbocycles. The first kappa shape index (κ1) is 18.5. The summed E-state index contributed by atoms with van der Waals surface area (Å²) in [6.45, 7) is 0. The van der Waals surface area contributed by atoms with E-state index in [0.29, 0.717) is 17.1 Å². The fourth-order valence-electron chi connectivity index (χ4n) is 2.29. The van der Waals surface area contributed by atoms with E-state index in [1.807, 2.05) is 0 Å². The second kappa shape index (κ2) is 8.35. The minimum atomic E-state index is -1.43. The largest absolute Gasteiger partial charge is 0.545 e. The summed E-state index contributed by atoms with van der Waals surface area (Å²) in [5.74, 6) is -1.38. The fourth-order valence-corrected chi connectivity index (χ4v) is 2.29. The molecule has 0 saturated heterocycles. The van der Waals surface area contributed by atoms with Crippen LogP contribution in [0.25, 0.3) is 6.08 Å². The van der Waals surface area contributed by atoms with Gasteiger partial charge in [-0.2, -0.15) is 5.26 Å². The maximum atomic E-state index is 12.4. The van der Waals surface area contributed by atoms with E-state index in [4.69, 9.17) is 9.47 Å². The number of hydrogen-bond acceptors (Lipinski definition) is 6. The van der Waals surface area contributed by atoms with Crippen LogP contribution < -0.4 is 19.9 Å². The van der Waals surface area contributed by atoms with Gasteiger partial charge in [-0.05, 0) is 18.2 Å². The van der Waals surface area contributed by atoms with Gasteiger partial charge >= 0.3 is 0 Å². The van der Waals surface area contributed by atoms with Gasteiger partial charge in [-0.25, -0.2) is 0 Å². The third-order valence-electron chi connectivity index (χ3n) is 3.49. The van der Waals surface area contributed by atoms with Crippen LogP contribution in [0.2, 0.25) is 0 Å². The van der Waals surface area contributed by atoms with Gasteiger partial charge in [0, 0.05) is 11.1 Å². The van der Waals surface area contributed by atoms with Crippen LogP contribution in [0, 0.1) is 11.3 Å². The number of ether oxygens (including phenoxy) is 2. The number of methoxy groups -OCH3 is 2. The van der Waals surface area contributed by atoms with E-state index in [0.717, 1.165) is 0 Å². The summed E-state index contributed by atoms with van der Waals surface area (Å²) < 4.78 is 10.4. The van der Waals surface area contributed by atoms with Gasteiger partial charge in [-0.3, -0.25) is 4.79 Å². The van der Waals surface area contributed by atoms with Crippen molar-refractivity contribution in [3.8, 4) is 17.6 Å². The second-order valence-corrected chi connectivity index (χ2v) is 5.04. The van der Waals surface area contributed by atoms with Crippen molar-refractivity contribution in [1.29, 1.82) is 5.26 Å². The molecule has 1 amide bonds. The molecule has 0 heterocycles. The topological polar surface area (TPSA) is 111 Å². The van der Waals surface area contributed by atoms with Crippen LogP contribution in [0.3, 0.4) is 0 Å². The molecule has 1 N–H and O–H groups in total. The van der Waals surface area contributed by atoms with Crippen molar-refractivity contribution < 1.29 is 24.2 Å². The molecule has 0 unspecified atom stereocenters. The molecular formula is C19H15N2O5-. The summed E-state index contributed by atoms with van der Waals surface area (Å²) in [6, 6.07) is 12.6. The molecule has 132 valence electrons. The van der Waals surface area contributed by atoms with E-state index >= 15 is 0 Å². The predicted molar refractivity (Wildman–Crippen MR) is 92.5 cm³/mol. The summed E-state index contributed by atoms with van der Waals surface area (Å²) in [7, 11) is 2.91. The van der Waals surface area contributed by atoms with Crippen LogP contribution >= 0.6 is 0 Å². The van der Waals surface area contributed by atoms with E-state index in [-0.39, 0.29) is 16.8 Å². The molecule has 0 fully saturated rings. The van der Waals surface area contributed by atoms with Crippen LogP contribution in [0.4, 0.5) is 5.69 Å². The third-order valence-corrected chi connectivity index (χ3v) is 3.49. The molecule has 0 bridgehead atoms. The van der Waals surface area contributed by atoms with Crippen molar-refractivity contribution in [3.05, 3.63) is 59.2 Å². The number of carbonyl (C=O) groups excluding carboxylic acids is 2. The van der Waals surface area contributed by atoms with Gasteiger partial charge in [0.25, 0.3) is 5.91 Å². The molecule has 7 heteroatoms. The monoisotopic (exact) mass is 351 g/mol. The quantitative estimate of drug-likeness (QED) is 0.625. The van der Waals surface area contributed by atoms with Crippen molar-refractivity contribution in [3.63, 3.8) is 0 Å². The summed E-state index contributed by atoms with van der Waals surface area (Å²) in [5, 5.41) is 22.8. The normalized spacial score (nSPS) is 10.6. The number of rotatable bonds is 6. The Morgan fingerprint density at radius 2 is 1.85 bits per heavy atom. The van der Waals surface area contributed by atoms with Crippen molar-refractivity contribution in [1.82, 2.24) is 0 Å². The van der Waals surface area contributed by atoms with Crippen LogP contribution in [0.5, 0.6) is 11.5 Å². The van der Waals surface area contributed by atoms with E-state index in [1.165, 1.54) is 38.5 Å². The zero-order valence-electron chi connectivity index (χ0n) is 14.1. The molecule has 0 atom stereocenters. The summed E-state index contributed by atoms with van der Waals surface area (Å²) in [6.07, 6.45) is 1.33. The molecule has 0 aliphatic carbocycles. The zero-order chi connectivity index (χ0) is 19.1. The Morgan fingerprint density at radius 3 is 2.46 bits per heavy atom. The first-order valence-corrected chi connectivity index (χ1v) is 7.46. The van der Waals surface area contributed by atoms with Gasteiger partial charge in [0.05, 0.1) is 25.9 Å². The maximum Gasteiger partial charge on any atom is 0.266 e. The van der Waals surface area contributed by atoms with E-state index in [1.54, 1.807) is 30.3 Å². The lowest BCUT2D eigenvalue weighted by Crippen LogP contribution is -2.25. The molecule has 0 aliphatic heterocycles. The molecule has 2 aromatic rings. The van der Waals surface area contributed by atoms with Crippen molar-refractivity contribution in [2.75, 3.05) is 19.5 Å². The number of hydrogen-bond donors (Lipinski definition) is 1. The molecule has 26 heavy (non-hydrogen) atoms. The number of para-hydroxylation sites is 2. The van der Waals surface area contributed by atoms with Crippen molar-refractivity contribution in [2.24, 2.45) is 0 Å². The van der Waals surface area contributed by atoms with Gasteiger partial charge in [-0.15, -0.1) is 0 Å². The van der Waals surface area contributed by atoms with Crippen LogP contribution in [-0.4, -0.2) is 26.1 Å². The Hall–Kier alpha value is -3.79. The van der Waals surface area contributed by atoms with Crippen LogP contribution in [0.1, 0.15) is 15.9 Å². The molecule has 0 aromatic heterocycles. The van der Waals surface area contributed by atoms with E-state index < -0.39 is 11.9 Å². The van der Waals surface area contributed by atoms with Gasteiger partial charge in [0.2, 0.25) is 0 Å². The van der Waals surface area contributed by atoms with Gasteiger partial charge < -0.3 is 24.7 Å². The van der Waals surface area contributed by atoms with Gasteiger partial charge in [-0.1, -0.05) is 30.3 Å². The number of carbonyl (C=O) groups is 2. The number of carboxylic acids is 1. The lowest BCUT2D eigenvalue weighted by Gasteiger charge is -2.12. The molecule has 2 rings (SSSR count). The number of nitrogens with one attached hydrogen (secondary N) is 1. The standard InChI is InChI=1S/C19H16N2O5/c1-25-16-9-5-6-12(17(16)26-2)10-13(11-20)18(22)21-15-8-4-3-7-14(15)19(23)24/h3-10H,1-2H3,(H,21,22)(H,23,24)/p-1/b13-10+. The first-order chi connectivity index (χ1) is 12.5. The molecule has 0 radical (unpaired) electrons. The minimum absolute atomic E-state index is 0.0382.